The van der Waals surface area contributed by atoms with Crippen molar-refractivity contribution in [3.8, 4) is 17.2 Å². The number of hydrogen-bond acceptors (Lipinski definition) is 8. The third-order valence-electron chi connectivity index (χ3n) is 6.06. The molecule has 38 heavy (non-hydrogen) atoms. The third kappa shape index (κ3) is 5.64. The van der Waals surface area contributed by atoms with Gasteiger partial charge in [0.15, 0.2) is 16.7 Å². The number of carbonyl (C=O) groups excluding carboxylic acids is 1. The number of aromatic nitrogens is 2. The molecule has 196 valence electrons. The van der Waals surface area contributed by atoms with Gasteiger partial charge >= 0.3 is 0 Å². The van der Waals surface area contributed by atoms with Crippen LogP contribution in [0.3, 0.4) is 0 Å². The number of ether oxygens (including phenoxy) is 1. The Balaban J connectivity index is 1.38. The summed E-state index contributed by atoms with van der Waals surface area (Å²) in [5.41, 5.74) is 4.90. The Morgan fingerprint density at radius 1 is 1.26 bits per heavy atom. The first-order chi connectivity index (χ1) is 18.4. The highest BCUT2D eigenvalue weighted by Crippen LogP contribution is 2.35. The van der Waals surface area contributed by atoms with Gasteiger partial charge in [0.2, 0.25) is 0 Å². The molecule has 0 saturated heterocycles. The highest BCUT2D eigenvalue weighted by molar-refractivity contribution is 9.10. The van der Waals surface area contributed by atoms with Crippen LogP contribution in [-0.2, 0) is 17.6 Å². The molecule has 0 fully saturated rings. The van der Waals surface area contributed by atoms with Gasteiger partial charge in [-0.15, -0.1) is 11.3 Å². The second-order valence-corrected chi connectivity index (χ2v) is 11.6. The van der Waals surface area contributed by atoms with E-state index in [9.17, 15) is 14.7 Å². The number of halogens is 1. The minimum atomic E-state index is -0.336. The van der Waals surface area contributed by atoms with Crippen LogP contribution in [0, 0.1) is 0 Å². The van der Waals surface area contributed by atoms with Gasteiger partial charge in [-0.1, -0.05) is 27.7 Å². The first kappa shape index (κ1) is 26.5. The number of benzene rings is 2. The number of fused-ring (bicyclic) bond motifs is 3. The zero-order valence-corrected chi connectivity index (χ0v) is 23.8. The topological polar surface area (TPSA) is 106 Å². The number of rotatable bonds is 8. The predicted molar refractivity (Wildman–Crippen MR) is 155 cm³/mol. The molecule has 0 bridgehead atoms. The van der Waals surface area contributed by atoms with Crippen LogP contribution in [0.15, 0.2) is 62.0 Å². The number of phenolic OH excluding ortho intramolecular Hbond substituents is 1. The van der Waals surface area contributed by atoms with Crippen LogP contribution < -0.4 is 15.7 Å². The maximum absolute atomic E-state index is 13.8. The Hall–Kier alpha value is -3.15. The quantitative estimate of drug-likeness (QED) is 0.119. The monoisotopic (exact) mass is 612 g/mol. The molecule has 5 rings (SSSR count). The molecule has 0 aliphatic heterocycles. The van der Waals surface area contributed by atoms with E-state index in [0.29, 0.717) is 34.1 Å². The van der Waals surface area contributed by atoms with Gasteiger partial charge in [0.1, 0.15) is 4.83 Å². The fraction of sp³-hybridized carbons (Fsp3) is 0.259. The van der Waals surface area contributed by atoms with Crippen LogP contribution >= 0.6 is 39.0 Å². The van der Waals surface area contributed by atoms with Crippen LogP contribution in [0.1, 0.15) is 35.8 Å². The molecule has 4 aromatic rings. The van der Waals surface area contributed by atoms with Crippen LogP contribution in [-0.4, -0.2) is 39.1 Å². The summed E-state index contributed by atoms with van der Waals surface area (Å²) in [4.78, 5) is 33.2. The first-order valence-electron chi connectivity index (χ1n) is 12.2. The van der Waals surface area contributed by atoms with Crippen LogP contribution in [0.5, 0.6) is 11.5 Å². The summed E-state index contributed by atoms with van der Waals surface area (Å²) in [6, 6.07) is 12.3. The molecule has 1 aliphatic carbocycles. The lowest BCUT2D eigenvalue weighted by Crippen LogP contribution is -2.24. The van der Waals surface area contributed by atoms with Crippen molar-refractivity contribution in [1.82, 2.24) is 15.0 Å². The van der Waals surface area contributed by atoms with E-state index in [0.717, 1.165) is 40.5 Å². The van der Waals surface area contributed by atoms with Crippen LogP contribution in [0.4, 0.5) is 0 Å². The van der Waals surface area contributed by atoms with Gasteiger partial charge in [0, 0.05) is 9.35 Å². The van der Waals surface area contributed by atoms with Gasteiger partial charge < -0.3 is 9.84 Å². The Morgan fingerprint density at radius 3 is 2.84 bits per heavy atom. The Kier molecular flexibility index (Phi) is 8.15. The number of phenols is 1. The van der Waals surface area contributed by atoms with Gasteiger partial charge in [-0.25, -0.2) is 10.4 Å². The van der Waals surface area contributed by atoms with E-state index >= 15 is 0 Å². The molecular weight excluding hydrogens is 588 g/mol. The number of aryl methyl sites for hydroxylation is 2. The van der Waals surface area contributed by atoms with Gasteiger partial charge in [-0.3, -0.25) is 14.2 Å². The molecule has 2 heterocycles. The zero-order chi connectivity index (χ0) is 26.6. The molecule has 2 N–H and O–H groups in total. The summed E-state index contributed by atoms with van der Waals surface area (Å²) in [6.45, 7) is 2.25. The average molecular weight is 614 g/mol. The Morgan fingerprint density at radius 2 is 2.05 bits per heavy atom. The molecule has 0 radical (unpaired) electrons. The van der Waals surface area contributed by atoms with Crippen molar-refractivity contribution in [2.75, 3.05) is 12.4 Å². The minimum absolute atomic E-state index is 0.0245. The van der Waals surface area contributed by atoms with Crippen LogP contribution in [0.25, 0.3) is 15.9 Å². The lowest BCUT2D eigenvalue weighted by atomic mass is 9.97. The predicted octanol–water partition coefficient (Wildman–Crippen LogP) is 5.44. The van der Waals surface area contributed by atoms with Crippen molar-refractivity contribution >= 4 is 61.4 Å². The van der Waals surface area contributed by atoms with Crippen molar-refractivity contribution in [3.05, 3.63) is 73.3 Å². The summed E-state index contributed by atoms with van der Waals surface area (Å²) in [6.07, 6.45) is 5.55. The third-order valence-corrected chi connectivity index (χ3v) is 8.71. The van der Waals surface area contributed by atoms with E-state index in [1.54, 1.807) is 28.0 Å². The SMILES string of the molecule is CCOc1cc(/C=N/NC(=O)CSc2nc3sc4c(c3c(=O)n2-c2ccc(Br)cc2)CCCC4)ccc1O. The van der Waals surface area contributed by atoms with Crippen molar-refractivity contribution in [3.63, 3.8) is 0 Å². The molecule has 1 aliphatic rings. The van der Waals surface area contributed by atoms with Gasteiger partial charge in [-0.05, 0) is 86.2 Å². The van der Waals surface area contributed by atoms with E-state index in [-0.39, 0.29) is 23.0 Å². The normalized spacial score (nSPS) is 13.1. The lowest BCUT2D eigenvalue weighted by Gasteiger charge is -2.13. The number of carbonyl (C=O) groups is 1. The molecule has 0 saturated carbocycles. The van der Waals surface area contributed by atoms with Crippen molar-refractivity contribution in [2.45, 2.75) is 37.8 Å². The van der Waals surface area contributed by atoms with Gasteiger partial charge in [-0.2, -0.15) is 5.10 Å². The summed E-state index contributed by atoms with van der Waals surface area (Å²) in [5.74, 6) is 0.0759. The summed E-state index contributed by atoms with van der Waals surface area (Å²) >= 11 is 6.23. The van der Waals surface area contributed by atoms with E-state index in [4.69, 9.17) is 9.72 Å². The van der Waals surface area contributed by atoms with Crippen molar-refractivity contribution < 1.29 is 14.6 Å². The first-order valence-corrected chi connectivity index (χ1v) is 14.8. The Labute approximate surface area is 235 Å². The molecule has 0 spiro atoms. The summed E-state index contributed by atoms with van der Waals surface area (Å²) in [5, 5.41) is 15.0. The standard InChI is InChI=1S/C27H25BrN4O4S2/c1-2-36-21-13-16(7-12-20(21)33)14-29-31-23(34)15-37-27-30-25-24(19-5-3-4-6-22(19)38-25)26(35)32(27)18-10-8-17(28)9-11-18/h7-14,33H,2-6,15H2,1H3,(H,31,34)/b29-14+. The number of thioether (sulfide) groups is 1. The van der Waals surface area contributed by atoms with Crippen molar-refractivity contribution in [1.29, 1.82) is 0 Å². The number of aromatic hydroxyl groups is 1. The number of amides is 1. The fourth-order valence-electron chi connectivity index (χ4n) is 4.32. The van der Waals surface area contributed by atoms with Gasteiger partial charge in [0.25, 0.3) is 11.5 Å². The zero-order valence-electron chi connectivity index (χ0n) is 20.6. The van der Waals surface area contributed by atoms with E-state index in [1.165, 1.54) is 28.9 Å². The molecule has 0 atom stereocenters. The van der Waals surface area contributed by atoms with Crippen LogP contribution in [0.2, 0.25) is 0 Å². The van der Waals surface area contributed by atoms with E-state index in [1.807, 2.05) is 31.2 Å². The van der Waals surface area contributed by atoms with E-state index < -0.39 is 0 Å². The van der Waals surface area contributed by atoms with E-state index in [2.05, 4.69) is 26.5 Å². The number of nitrogens with zero attached hydrogens (tertiary/aromatic N) is 3. The largest absolute Gasteiger partial charge is 0.504 e. The maximum atomic E-state index is 13.8. The number of thiophene rings is 1. The number of nitrogens with one attached hydrogen (secondary N) is 1. The molecule has 11 heteroatoms. The highest BCUT2D eigenvalue weighted by Gasteiger charge is 2.23. The smallest absolute Gasteiger partial charge is 0.267 e. The summed E-state index contributed by atoms with van der Waals surface area (Å²) in [7, 11) is 0. The van der Waals surface area contributed by atoms with Gasteiger partial charge in [0.05, 0.1) is 29.6 Å². The number of hydrazone groups is 1. The Bertz CT molecular complexity index is 1580. The average Bonchev–Trinajstić information content (AvgIpc) is 3.29. The molecule has 1 amide bonds. The molecule has 2 aromatic heterocycles. The summed E-state index contributed by atoms with van der Waals surface area (Å²) < 4.78 is 7.88. The molecule has 8 nitrogen and oxygen atoms in total. The fourth-order valence-corrected chi connectivity index (χ4v) is 6.70. The minimum Gasteiger partial charge on any atom is -0.504 e. The second kappa shape index (κ2) is 11.7. The highest BCUT2D eigenvalue weighted by atomic mass is 79.9. The maximum Gasteiger partial charge on any atom is 0.267 e. The molecular formula is C27H25BrN4O4S2. The second-order valence-electron chi connectivity index (χ2n) is 8.64. The lowest BCUT2D eigenvalue weighted by molar-refractivity contribution is -0.118. The number of hydrogen-bond donors (Lipinski definition) is 2. The molecule has 0 unspecified atom stereocenters. The van der Waals surface area contributed by atoms with Crippen molar-refractivity contribution in [2.24, 2.45) is 5.10 Å². The molecule has 2 aromatic carbocycles.